The van der Waals surface area contributed by atoms with E-state index in [9.17, 15) is 13.2 Å². The van der Waals surface area contributed by atoms with E-state index in [1.165, 1.54) is 24.3 Å². The SMILES string of the molecule is O=c1[nH]c2cc(NS(=O)(=O)c3ccc(Br)s3)ccc2o1. The summed E-state index contributed by atoms with van der Waals surface area (Å²) < 4.78 is 32.5. The predicted molar refractivity (Wildman–Crippen MR) is 79.7 cm³/mol. The van der Waals surface area contributed by atoms with Crippen LogP contribution in [0.25, 0.3) is 11.1 Å². The van der Waals surface area contributed by atoms with Gasteiger partial charge in [0.05, 0.1) is 15.0 Å². The van der Waals surface area contributed by atoms with Gasteiger partial charge in [0.2, 0.25) is 0 Å². The number of aromatic amines is 1. The van der Waals surface area contributed by atoms with Crippen LogP contribution in [0.5, 0.6) is 0 Å². The molecule has 20 heavy (non-hydrogen) atoms. The van der Waals surface area contributed by atoms with Gasteiger partial charge in [0.1, 0.15) is 4.21 Å². The first-order chi connectivity index (χ1) is 9.44. The fourth-order valence-corrected chi connectivity index (χ4v) is 4.72. The molecule has 1 aromatic carbocycles. The lowest BCUT2D eigenvalue weighted by atomic mass is 10.3. The standard InChI is InChI=1S/C11H7BrN2O4S2/c12-9-3-4-10(19-9)20(16,17)14-6-1-2-8-7(5-6)13-11(15)18-8/h1-5,14H,(H,13,15). The highest BCUT2D eigenvalue weighted by Gasteiger charge is 2.17. The second kappa shape index (κ2) is 4.76. The fourth-order valence-electron chi connectivity index (χ4n) is 1.66. The van der Waals surface area contributed by atoms with Gasteiger partial charge < -0.3 is 4.42 Å². The molecule has 3 rings (SSSR count). The Balaban J connectivity index is 1.98. The number of H-pyrrole nitrogens is 1. The minimum atomic E-state index is -3.64. The molecule has 0 spiro atoms. The largest absolute Gasteiger partial charge is 0.417 e. The first kappa shape index (κ1) is 13.4. The summed E-state index contributed by atoms with van der Waals surface area (Å²) in [5.74, 6) is -0.581. The van der Waals surface area contributed by atoms with Crippen molar-refractivity contribution in [3.63, 3.8) is 0 Å². The van der Waals surface area contributed by atoms with Gasteiger partial charge in [-0.25, -0.2) is 13.2 Å². The molecule has 0 saturated heterocycles. The third-order valence-corrected chi connectivity index (χ3v) is 5.98. The molecule has 9 heteroatoms. The maximum Gasteiger partial charge on any atom is 0.417 e. The zero-order chi connectivity index (χ0) is 14.3. The molecule has 0 amide bonds. The van der Waals surface area contributed by atoms with Crippen molar-refractivity contribution < 1.29 is 12.8 Å². The van der Waals surface area contributed by atoms with Crippen LogP contribution in [-0.2, 0) is 10.0 Å². The van der Waals surface area contributed by atoms with Crippen LogP contribution >= 0.6 is 27.3 Å². The number of hydrogen-bond donors (Lipinski definition) is 2. The molecule has 0 aliphatic rings. The number of nitrogens with one attached hydrogen (secondary N) is 2. The van der Waals surface area contributed by atoms with Crippen LogP contribution in [0.2, 0.25) is 0 Å². The summed E-state index contributed by atoms with van der Waals surface area (Å²) in [6.45, 7) is 0. The van der Waals surface area contributed by atoms with Crippen molar-refractivity contribution in [3.8, 4) is 0 Å². The minimum Gasteiger partial charge on any atom is -0.408 e. The lowest BCUT2D eigenvalue weighted by Crippen LogP contribution is -2.11. The van der Waals surface area contributed by atoms with E-state index in [-0.39, 0.29) is 4.21 Å². The lowest BCUT2D eigenvalue weighted by Gasteiger charge is -2.05. The van der Waals surface area contributed by atoms with Gasteiger partial charge in [0.15, 0.2) is 5.58 Å². The summed E-state index contributed by atoms with van der Waals surface area (Å²) in [6.07, 6.45) is 0. The molecule has 0 saturated carbocycles. The Morgan fingerprint density at radius 1 is 1.25 bits per heavy atom. The Bertz CT molecular complexity index is 939. The van der Waals surface area contributed by atoms with Crippen molar-refractivity contribution in [1.29, 1.82) is 0 Å². The third kappa shape index (κ3) is 2.51. The zero-order valence-corrected chi connectivity index (χ0v) is 12.9. The second-order valence-electron chi connectivity index (χ2n) is 3.89. The van der Waals surface area contributed by atoms with E-state index in [0.29, 0.717) is 16.8 Å². The Morgan fingerprint density at radius 2 is 2.05 bits per heavy atom. The summed E-state index contributed by atoms with van der Waals surface area (Å²) in [7, 11) is -3.64. The Morgan fingerprint density at radius 3 is 2.75 bits per heavy atom. The topological polar surface area (TPSA) is 92.2 Å². The minimum absolute atomic E-state index is 0.199. The monoisotopic (exact) mass is 374 g/mol. The van der Waals surface area contributed by atoms with Crippen LogP contribution in [0.3, 0.4) is 0 Å². The van der Waals surface area contributed by atoms with Crippen molar-refractivity contribution in [2.45, 2.75) is 4.21 Å². The highest BCUT2D eigenvalue weighted by atomic mass is 79.9. The fraction of sp³-hybridized carbons (Fsp3) is 0. The number of thiophene rings is 1. The van der Waals surface area contributed by atoms with Crippen molar-refractivity contribution in [2.24, 2.45) is 0 Å². The molecule has 0 radical (unpaired) electrons. The van der Waals surface area contributed by atoms with Gasteiger partial charge in [0, 0.05) is 0 Å². The molecule has 0 bridgehead atoms. The average Bonchev–Trinajstić information content (AvgIpc) is 2.93. The molecule has 0 atom stereocenters. The highest BCUT2D eigenvalue weighted by molar-refractivity contribution is 9.11. The Hall–Kier alpha value is -1.58. The number of sulfonamides is 1. The second-order valence-corrected chi connectivity index (χ2v) is 8.26. The number of fused-ring (bicyclic) bond motifs is 1. The molecule has 0 aliphatic carbocycles. The van der Waals surface area contributed by atoms with Gasteiger partial charge in [-0.05, 0) is 46.3 Å². The molecule has 104 valence electrons. The van der Waals surface area contributed by atoms with Gasteiger partial charge in [-0.15, -0.1) is 11.3 Å². The number of aromatic nitrogens is 1. The summed E-state index contributed by atoms with van der Waals surface area (Å²) in [4.78, 5) is 13.5. The number of anilines is 1. The molecule has 2 heterocycles. The van der Waals surface area contributed by atoms with Crippen molar-refractivity contribution in [3.05, 3.63) is 44.7 Å². The maximum absolute atomic E-state index is 12.1. The van der Waals surface area contributed by atoms with Crippen LogP contribution < -0.4 is 10.5 Å². The number of oxazole rings is 1. The summed E-state index contributed by atoms with van der Waals surface area (Å²) in [5, 5.41) is 0. The molecule has 3 aromatic rings. The molecular weight excluding hydrogens is 368 g/mol. The van der Waals surface area contributed by atoms with Gasteiger partial charge in [0.25, 0.3) is 10.0 Å². The summed E-state index contributed by atoms with van der Waals surface area (Å²) in [5.41, 5.74) is 1.15. The Kier molecular flexibility index (Phi) is 3.19. The van der Waals surface area contributed by atoms with E-state index >= 15 is 0 Å². The number of rotatable bonds is 3. The number of hydrogen-bond acceptors (Lipinski definition) is 5. The quantitative estimate of drug-likeness (QED) is 0.736. The molecule has 0 unspecified atom stereocenters. The van der Waals surface area contributed by atoms with Gasteiger partial charge in [-0.2, -0.15) is 0 Å². The van der Waals surface area contributed by atoms with Gasteiger partial charge >= 0.3 is 5.76 Å². The summed E-state index contributed by atoms with van der Waals surface area (Å²) in [6, 6.07) is 7.72. The van der Waals surface area contributed by atoms with Crippen molar-refractivity contribution in [1.82, 2.24) is 4.98 Å². The molecule has 0 fully saturated rings. The number of benzene rings is 1. The smallest absolute Gasteiger partial charge is 0.408 e. The van der Waals surface area contributed by atoms with Gasteiger partial charge in [-0.1, -0.05) is 0 Å². The Labute approximate surface area is 125 Å². The third-order valence-electron chi connectivity index (χ3n) is 2.48. The first-order valence-electron chi connectivity index (χ1n) is 5.35. The van der Waals surface area contributed by atoms with Crippen LogP contribution in [-0.4, -0.2) is 13.4 Å². The summed E-state index contributed by atoms with van der Waals surface area (Å²) >= 11 is 4.33. The van der Waals surface area contributed by atoms with E-state index < -0.39 is 15.8 Å². The molecule has 6 nitrogen and oxygen atoms in total. The molecule has 2 aromatic heterocycles. The highest BCUT2D eigenvalue weighted by Crippen LogP contribution is 2.28. The van der Waals surface area contributed by atoms with Crippen LogP contribution in [0, 0.1) is 0 Å². The average molecular weight is 375 g/mol. The van der Waals surface area contributed by atoms with E-state index in [4.69, 9.17) is 4.42 Å². The maximum atomic E-state index is 12.1. The van der Waals surface area contributed by atoms with E-state index in [0.717, 1.165) is 15.1 Å². The predicted octanol–water partition coefficient (Wildman–Crippen LogP) is 2.75. The van der Waals surface area contributed by atoms with Crippen LogP contribution in [0.4, 0.5) is 5.69 Å². The normalized spacial score (nSPS) is 11.8. The molecular formula is C11H7BrN2O4S2. The van der Waals surface area contributed by atoms with E-state index in [1.807, 2.05) is 0 Å². The first-order valence-corrected chi connectivity index (χ1v) is 8.44. The molecule has 0 aliphatic heterocycles. The molecule has 2 N–H and O–H groups in total. The van der Waals surface area contributed by atoms with E-state index in [1.54, 1.807) is 6.07 Å². The lowest BCUT2D eigenvalue weighted by molar-refractivity contribution is 0.555. The van der Waals surface area contributed by atoms with Gasteiger partial charge in [-0.3, -0.25) is 9.71 Å². The van der Waals surface area contributed by atoms with Crippen molar-refractivity contribution >= 4 is 54.1 Å². The van der Waals surface area contributed by atoms with E-state index in [2.05, 4.69) is 25.6 Å². The number of halogens is 1. The van der Waals surface area contributed by atoms with Crippen LogP contribution in [0.1, 0.15) is 0 Å². The van der Waals surface area contributed by atoms with Crippen LogP contribution in [0.15, 0.2) is 47.5 Å². The zero-order valence-electron chi connectivity index (χ0n) is 9.71. The van der Waals surface area contributed by atoms with Crippen molar-refractivity contribution in [2.75, 3.05) is 4.72 Å².